The van der Waals surface area contributed by atoms with Gasteiger partial charge < -0.3 is 0 Å². The Hall–Kier alpha value is -1.56. The first kappa shape index (κ1) is 38.5. The van der Waals surface area contributed by atoms with Crippen LogP contribution in [0.2, 0.25) is 0 Å². The van der Waals surface area contributed by atoms with Crippen LogP contribution in [0.1, 0.15) is 160 Å². The van der Waals surface area contributed by atoms with Gasteiger partial charge in [0.2, 0.25) is 0 Å². The molecule has 238 valence electrons. The fourth-order valence-corrected chi connectivity index (χ4v) is 5.60. The zero-order chi connectivity index (χ0) is 29.7. The molecule has 0 aliphatic rings. The second-order valence-corrected chi connectivity index (χ2v) is 11.9. The molecule has 0 N–H and O–H groups in total. The second-order valence-electron chi connectivity index (χ2n) is 11.9. The van der Waals surface area contributed by atoms with Crippen molar-refractivity contribution in [2.24, 2.45) is 9.98 Å². The van der Waals surface area contributed by atoms with Crippen LogP contribution in [0.3, 0.4) is 0 Å². The first-order chi connectivity index (χ1) is 20.1. The van der Waals surface area contributed by atoms with E-state index in [9.17, 15) is 0 Å². The molecule has 0 unspecified atom stereocenters. The minimum Gasteiger partial charge on any atom is -0.252 e. The van der Waals surface area contributed by atoms with Crippen LogP contribution >= 0.6 is 0 Å². The molecule has 2 aromatic carbocycles. The molecule has 0 fully saturated rings. The molecular formula is C39H62N2Pd. The van der Waals surface area contributed by atoms with Gasteiger partial charge in [0.25, 0.3) is 0 Å². The summed E-state index contributed by atoms with van der Waals surface area (Å²) in [5.74, 6) is 0. The largest absolute Gasteiger partial charge is 0.252 e. The van der Waals surface area contributed by atoms with Gasteiger partial charge in [-0.2, -0.15) is 0 Å². The third-order valence-electron chi connectivity index (χ3n) is 8.35. The van der Waals surface area contributed by atoms with Crippen molar-refractivity contribution in [3.8, 4) is 0 Å². The van der Waals surface area contributed by atoms with Crippen LogP contribution in [-0.4, -0.2) is 11.4 Å². The van der Waals surface area contributed by atoms with E-state index < -0.39 is 0 Å². The molecule has 0 aliphatic heterocycles. The summed E-state index contributed by atoms with van der Waals surface area (Å²) in [5.41, 5.74) is 10.2. The molecule has 0 aromatic heterocycles. The maximum atomic E-state index is 5.40. The van der Waals surface area contributed by atoms with Gasteiger partial charge in [0.05, 0.1) is 22.8 Å². The SMILES string of the molecule is CCCCCCCCCCCCC(=Nc1cc(CC)cc(CC)c1)C(CCCCC)=Nc1cc(CC)cc(CC)c1.[Pd]. The molecule has 0 atom stereocenters. The second kappa shape index (κ2) is 23.8. The summed E-state index contributed by atoms with van der Waals surface area (Å²) in [7, 11) is 0. The molecule has 0 amide bonds. The first-order valence-electron chi connectivity index (χ1n) is 17.5. The Morgan fingerprint density at radius 3 is 1.02 bits per heavy atom. The predicted molar refractivity (Wildman–Crippen MR) is 185 cm³/mol. The molecule has 0 bridgehead atoms. The van der Waals surface area contributed by atoms with E-state index in [0.29, 0.717) is 0 Å². The Bertz CT molecular complexity index is 1010. The van der Waals surface area contributed by atoms with Crippen molar-refractivity contribution in [1.29, 1.82) is 0 Å². The number of benzene rings is 2. The summed E-state index contributed by atoms with van der Waals surface area (Å²) in [6.45, 7) is 13.6. The van der Waals surface area contributed by atoms with E-state index in [0.717, 1.165) is 49.9 Å². The zero-order valence-electron chi connectivity index (χ0n) is 28.1. The normalized spacial score (nSPS) is 12.0. The third kappa shape index (κ3) is 15.3. The Kier molecular flexibility index (Phi) is 21.8. The Morgan fingerprint density at radius 1 is 0.405 bits per heavy atom. The average molecular weight is 665 g/mol. The van der Waals surface area contributed by atoms with Gasteiger partial charge in [-0.1, -0.05) is 124 Å². The van der Waals surface area contributed by atoms with E-state index in [1.165, 1.54) is 117 Å². The molecule has 0 aliphatic carbocycles. The van der Waals surface area contributed by atoms with Crippen LogP contribution in [0.5, 0.6) is 0 Å². The molecule has 0 radical (unpaired) electrons. The van der Waals surface area contributed by atoms with Gasteiger partial charge in [0, 0.05) is 20.4 Å². The molecule has 3 heteroatoms. The molecule has 2 rings (SSSR count). The Balaban J connectivity index is 0.00000882. The number of hydrogen-bond acceptors (Lipinski definition) is 2. The van der Waals surface area contributed by atoms with Crippen molar-refractivity contribution in [2.75, 3.05) is 0 Å². The van der Waals surface area contributed by atoms with Crippen LogP contribution in [0.4, 0.5) is 11.4 Å². The van der Waals surface area contributed by atoms with Crippen LogP contribution < -0.4 is 0 Å². The zero-order valence-corrected chi connectivity index (χ0v) is 29.7. The van der Waals surface area contributed by atoms with Gasteiger partial charge in [-0.05, 0) is 97.9 Å². The smallest absolute Gasteiger partial charge is 0.0639 e. The molecule has 2 nitrogen and oxygen atoms in total. The Labute approximate surface area is 274 Å². The van der Waals surface area contributed by atoms with Crippen molar-refractivity contribution in [2.45, 2.75) is 164 Å². The summed E-state index contributed by atoms with van der Waals surface area (Å²) < 4.78 is 0. The summed E-state index contributed by atoms with van der Waals surface area (Å²) in [6.07, 6.45) is 23.4. The third-order valence-corrected chi connectivity index (χ3v) is 8.35. The van der Waals surface area contributed by atoms with Crippen LogP contribution in [0, 0.1) is 0 Å². The quantitative estimate of drug-likeness (QED) is 0.0680. The molecule has 0 saturated carbocycles. The van der Waals surface area contributed by atoms with Crippen molar-refractivity contribution >= 4 is 22.8 Å². The average Bonchev–Trinajstić information content (AvgIpc) is 3.00. The van der Waals surface area contributed by atoms with E-state index in [4.69, 9.17) is 9.98 Å². The number of nitrogens with zero attached hydrogens (tertiary/aromatic N) is 2. The molecule has 0 heterocycles. The fraction of sp³-hybridized carbons (Fsp3) is 0.641. The first-order valence-corrected chi connectivity index (χ1v) is 17.5. The van der Waals surface area contributed by atoms with Gasteiger partial charge in [-0.3, -0.25) is 9.98 Å². The van der Waals surface area contributed by atoms with Crippen LogP contribution in [0.25, 0.3) is 0 Å². The van der Waals surface area contributed by atoms with Gasteiger partial charge in [-0.25, -0.2) is 0 Å². The Morgan fingerprint density at radius 2 is 0.690 bits per heavy atom. The topological polar surface area (TPSA) is 24.7 Å². The van der Waals surface area contributed by atoms with Crippen LogP contribution in [-0.2, 0) is 46.1 Å². The number of rotatable bonds is 22. The number of unbranched alkanes of at least 4 members (excludes halogenated alkanes) is 11. The van der Waals surface area contributed by atoms with Crippen molar-refractivity contribution < 1.29 is 20.4 Å². The van der Waals surface area contributed by atoms with Gasteiger partial charge >= 0.3 is 0 Å². The van der Waals surface area contributed by atoms with Gasteiger partial charge in [0.15, 0.2) is 0 Å². The number of hydrogen-bond donors (Lipinski definition) is 0. The molecule has 0 spiro atoms. The van der Waals surface area contributed by atoms with Gasteiger partial charge in [-0.15, -0.1) is 0 Å². The van der Waals surface area contributed by atoms with E-state index in [1.807, 2.05) is 0 Å². The van der Waals surface area contributed by atoms with E-state index in [-0.39, 0.29) is 20.4 Å². The van der Waals surface area contributed by atoms with E-state index in [2.05, 4.69) is 77.9 Å². The van der Waals surface area contributed by atoms with Crippen molar-refractivity contribution in [3.63, 3.8) is 0 Å². The van der Waals surface area contributed by atoms with Crippen LogP contribution in [0.15, 0.2) is 46.4 Å². The van der Waals surface area contributed by atoms with E-state index in [1.54, 1.807) is 0 Å². The number of aryl methyl sites for hydroxylation is 4. The van der Waals surface area contributed by atoms with Gasteiger partial charge in [0.1, 0.15) is 0 Å². The van der Waals surface area contributed by atoms with E-state index >= 15 is 0 Å². The van der Waals surface area contributed by atoms with Crippen molar-refractivity contribution in [1.82, 2.24) is 0 Å². The summed E-state index contributed by atoms with van der Waals surface area (Å²) in [6, 6.07) is 13.9. The fourth-order valence-electron chi connectivity index (χ4n) is 5.60. The maximum absolute atomic E-state index is 5.40. The molecule has 42 heavy (non-hydrogen) atoms. The molecule has 2 aromatic rings. The summed E-state index contributed by atoms with van der Waals surface area (Å²) >= 11 is 0. The standard InChI is InChI=1S/C39H62N2.Pd/c1-7-13-15-16-17-18-19-20-21-23-25-39(41-37-30-34(11-5)27-35(12-6)31-37)38(24-22-14-8-2)40-36-28-32(9-3)26-33(10-4)29-36;/h26-31H,7-25H2,1-6H3;. The predicted octanol–water partition coefficient (Wildman–Crippen LogP) is 12.7. The molecule has 0 saturated heterocycles. The summed E-state index contributed by atoms with van der Waals surface area (Å²) in [4.78, 5) is 10.8. The van der Waals surface area contributed by atoms with Crippen molar-refractivity contribution in [3.05, 3.63) is 58.7 Å². The minimum atomic E-state index is 0. The monoisotopic (exact) mass is 664 g/mol. The minimum absolute atomic E-state index is 0. The maximum Gasteiger partial charge on any atom is 0.0639 e. The number of aliphatic imine (C=N–C) groups is 2. The molecular weight excluding hydrogens is 603 g/mol. The summed E-state index contributed by atoms with van der Waals surface area (Å²) in [5, 5.41) is 0.